The van der Waals surface area contributed by atoms with E-state index in [9.17, 15) is 74.7 Å². The van der Waals surface area contributed by atoms with Gasteiger partial charge < -0.3 is 97.4 Å². The second kappa shape index (κ2) is 64.8. The number of nitrogens with zero attached hydrogens (tertiary/aromatic N) is 12. The number of halogens is 11. The second-order valence-electron chi connectivity index (χ2n) is 29.1. The van der Waals surface area contributed by atoms with Gasteiger partial charge in [0.25, 0.3) is 0 Å². The minimum Gasteiger partial charge on any atom is -0.437 e. The van der Waals surface area contributed by atoms with Crippen molar-refractivity contribution in [3.05, 3.63) is 23.5 Å². The molecule has 13 N–H and O–H groups in total. The molecule has 5 fully saturated rings. The highest BCUT2D eigenvalue weighted by atomic mass is 79.9. The number of carbonyl (C=O) groups is 8. The van der Waals surface area contributed by atoms with Gasteiger partial charge in [0.05, 0.1) is 41.4 Å². The lowest BCUT2D eigenvalue weighted by molar-refractivity contribution is -0.189. The maximum Gasteiger partial charge on any atom is 0.471 e. The van der Waals surface area contributed by atoms with Gasteiger partial charge in [-0.1, -0.05) is 34.7 Å². The van der Waals surface area contributed by atoms with Gasteiger partial charge in [-0.25, -0.2) is 15.0 Å². The van der Waals surface area contributed by atoms with E-state index in [-0.39, 0.29) is 111 Å². The van der Waals surface area contributed by atoms with Crippen LogP contribution in [0, 0.1) is 22.7 Å². The van der Waals surface area contributed by atoms with Crippen LogP contribution in [0.3, 0.4) is 0 Å². The Morgan fingerprint density at radius 3 is 1.28 bits per heavy atom. The summed E-state index contributed by atoms with van der Waals surface area (Å²) in [5, 5.41) is 68.5. The van der Waals surface area contributed by atoms with Crippen molar-refractivity contribution in [2.75, 3.05) is 118 Å². The molecule has 47 heteroatoms. The van der Waals surface area contributed by atoms with Crippen LogP contribution < -0.4 is 53.2 Å². The Morgan fingerprint density at radius 1 is 0.588 bits per heavy atom. The number of alkyl halides is 11. The number of aromatic nitrogens is 3. The summed E-state index contributed by atoms with van der Waals surface area (Å²) >= 11 is 23.3. The Balaban J connectivity index is -0.00000138. The van der Waals surface area contributed by atoms with Crippen LogP contribution in [-0.4, -0.2) is 308 Å². The number of hydrogen-bond donors (Lipinski definition) is 12. The average molecular weight is 1870 g/mol. The highest BCUT2D eigenvalue weighted by Crippen LogP contribution is 2.28. The molecule has 5 aliphatic rings. The smallest absolute Gasteiger partial charge is 0.437 e. The van der Waals surface area contributed by atoms with E-state index in [2.05, 4.69) is 84.4 Å². The first kappa shape index (κ1) is 117. The number of nitrogens with one attached hydrogen (secondary N) is 8. The molecule has 0 bridgehead atoms. The molecule has 0 spiro atoms. The van der Waals surface area contributed by atoms with Crippen LogP contribution in [0.5, 0.6) is 0 Å². The first-order chi connectivity index (χ1) is 55.2. The van der Waals surface area contributed by atoms with E-state index in [0.717, 1.165) is 70.5 Å². The first-order valence-corrected chi connectivity index (χ1v) is 43.0. The van der Waals surface area contributed by atoms with Crippen molar-refractivity contribution in [3.8, 4) is 12.1 Å². The number of hydrogen-bond acceptors (Lipinski definition) is 25. The number of carbonyl (C=O) groups excluding carboxylic acids is 8. The van der Waals surface area contributed by atoms with Crippen LogP contribution in [0.4, 0.5) is 43.1 Å². The van der Waals surface area contributed by atoms with Crippen molar-refractivity contribution in [1.82, 2.24) is 81.3 Å². The van der Waals surface area contributed by atoms with E-state index in [1.54, 1.807) is 63.9 Å². The molecule has 8 amide bonds. The predicted molar refractivity (Wildman–Crippen MR) is 465 cm³/mol. The second-order valence-corrected chi connectivity index (χ2v) is 32.3. The Morgan fingerprint density at radius 2 is 0.933 bits per heavy atom. The molecule has 7 rings (SSSR count). The summed E-state index contributed by atoms with van der Waals surface area (Å²) < 4.78 is 76.3. The molecular weight excluding hydrogens is 1740 g/mol. The van der Waals surface area contributed by atoms with Crippen LogP contribution in [0.1, 0.15) is 160 Å². The van der Waals surface area contributed by atoms with E-state index in [4.69, 9.17) is 67.7 Å². The van der Waals surface area contributed by atoms with E-state index < -0.39 is 68.2 Å². The van der Waals surface area contributed by atoms with Crippen molar-refractivity contribution in [2.45, 2.75) is 248 Å². The fourth-order valence-corrected chi connectivity index (χ4v) is 12.8. The minimum absolute atomic E-state index is 0. The minimum atomic E-state index is -5.01. The van der Waals surface area contributed by atoms with Crippen LogP contribution in [0.15, 0.2) is 18.6 Å². The van der Waals surface area contributed by atoms with Gasteiger partial charge in [0, 0.05) is 93.4 Å². The maximum atomic E-state index is 12.8. The quantitative estimate of drug-likeness (QED) is 0.0282. The van der Waals surface area contributed by atoms with Crippen molar-refractivity contribution in [3.63, 3.8) is 0 Å². The fraction of sp³-hybridized carbons (Fsp3) is 0.764. The molecule has 0 unspecified atom stereocenters. The molecule has 0 radical (unpaired) electrons. The first-order valence-electron chi connectivity index (χ1n) is 38.9. The standard InChI is InChI=1S/C20H26N8O2S.C13H23BF3N3O3.C12H20F3N3O2.C11H24BN3O2.C6H15BN2O.C5H10BrNO.C2H3N.2CH2Cl2.CH4/c1-13(2)25-19(30)11-28(14(3)29)15-4-6-27(7-5-15)18-8-17(23-12-24-18)26-20-22-10-16(9-21)31-20;1-9(2)18-11(21)8-20(12(22)13(15,16)17)10-4-6-19(7-5-10)14(3)23;1-8(2)17-10(19)7-18(11(20)12(13,14)15)9-3-5-16-6-4-9;1-9(2)14-11(16)8-13-10-4-6-15(7-5-10)12(3)17;1-7(10)9-4-2-6(8)3-5-9;1-4(2)7-5(8)3-6;1-2-3;2*2-1-3;/h8,10,12-13,15H,4-7,11H2,1-3H3,(H,25,30)(H,22,23,24,26);9-10,23H,4-8H2,1-3H3,(H,18,21);8-9,16H,3-7H2,1-2H3,(H,17,19);9-10,13,17H,4-8H2,1-3H3,(H,14,16);6,10H,2-5,8H2,1H3;4H,3H2,1-2H3,(H,7,8);1H3;2*1H2;1H4. The molecule has 0 aromatic carbocycles. The summed E-state index contributed by atoms with van der Waals surface area (Å²) in [7, 11) is -1.35. The highest BCUT2D eigenvalue weighted by molar-refractivity contribution is 9.09. The van der Waals surface area contributed by atoms with Gasteiger partial charge in [-0.3, -0.25) is 38.4 Å². The molecule has 32 nitrogen and oxygen atoms in total. The Kier molecular flexibility index (Phi) is 63.9. The predicted octanol–water partition coefficient (Wildman–Crippen LogP) is 7.13. The summed E-state index contributed by atoms with van der Waals surface area (Å²) in [4.78, 5) is 117. The number of piperidine rings is 5. The lowest BCUT2D eigenvalue weighted by atomic mass is 9.82. The monoisotopic (exact) mass is 1860 g/mol. The molecule has 119 heavy (non-hydrogen) atoms. The summed E-state index contributed by atoms with van der Waals surface area (Å²) in [6.07, 6.45) is -0.0731. The third-order valence-corrected chi connectivity index (χ3v) is 18.7. The Bertz CT molecular complexity index is 3260. The zero-order valence-corrected chi connectivity index (χ0v) is 75.9. The lowest BCUT2D eigenvalue weighted by Gasteiger charge is -2.38. The number of thiazole rings is 1. The summed E-state index contributed by atoms with van der Waals surface area (Å²) in [5.74, 6) is -3.88. The topological polar surface area (TPSA) is 428 Å². The highest BCUT2D eigenvalue weighted by Gasteiger charge is 2.47. The Hall–Kier alpha value is -5.90. The Labute approximate surface area is 733 Å². The van der Waals surface area contributed by atoms with Gasteiger partial charge in [0.1, 0.15) is 42.0 Å². The van der Waals surface area contributed by atoms with E-state index in [1.165, 1.54) is 37.7 Å². The van der Waals surface area contributed by atoms with Gasteiger partial charge in [-0.2, -0.15) is 36.9 Å². The van der Waals surface area contributed by atoms with Gasteiger partial charge in [0.2, 0.25) is 35.4 Å². The molecular formula is C72H129B3BrCl4F6N21O11S. The molecule has 2 aromatic heterocycles. The molecule has 0 atom stereocenters. The maximum absolute atomic E-state index is 12.8. The zero-order chi connectivity index (χ0) is 90.6. The van der Waals surface area contributed by atoms with Crippen molar-refractivity contribution in [2.24, 2.45) is 5.73 Å². The van der Waals surface area contributed by atoms with E-state index >= 15 is 0 Å². The third-order valence-electron chi connectivity index (χ3n) is 17.4. The van der Waals surface area contributed by atoms with Crippen LogP contribution in [0.25, 0.3) is 0 Å². The zero-order valence-electron chi connectivity index (χ0n) is 70.4. The van der Waals surface area contributed by atoms with Crippen molar-refractivity contribution in [1.29, 1.82) is 10.5 Å². The van der Waals surface area contributed by atoms with Crippen molar-refractivity contribution >= 4 is 159 Å². The number of nitriles is 2. The molecule has 0 aliphatic carbocycles. The summed E-state index contributed by atoms with van der Waals surface area (Å²) in [6.45, 7) is 32.7. The average Bonchev–Trinajstić information content (AvgIpc) is 1.03. The van der Waals surface area contributed by atoms with Gasteiger partial charge in [0.15, 0.2) is 5.13 Å². The molecule has 680 valence electrons. The molecule has 5 saturated heterocycles. The molecule has 5 aliphatic heterocycles. The lowest BCUT2D eigenvalue weighted by Crippen LogP contribution is -2.55. The van der Waals surface area contributed by atoms with E-state index in [0.29, 0.717) is 102 Å². The van der Waals surface area contributed by atoms with Gasteiger partial charge >= 0.3 is 45.3 Å². The number of anilines is 3. The number of rotatable bonds is 24. The van der Waals surface area contributed by atoms with Gasteiger partial charge in [-0.05, 0) is 206 Å². The van der Waals surface area contributed by atoms with E-state index in [1.807, 2.05) is 57.2 Å². The molecule has 7 heterocycles. The van der Waals surface area contributed by atoms with Gasteiger partial charge in [-0.15, -0.1) is 46.4 Å². The number of amides is 8. The largest absolute Gasteiger partial charge is 0.471 e. The fourth-order valence-electron chi connectivity index (χ4n) is 12.0. The van der Waals surface area contributed by atoms with Crippen LogP contribution in [0.2, 0.25) is 20.5 Å². The van der Waals surface area contributed by atoms with Crippen molar-refractivity contribution < 1.29 is 79.8 Å². The molecule has 0 saturated carbocycles. The van der Waals surface area contributed by atoms with Crippen LogP contribution >= 0.6 is 73.7 Å². The SMILES string of the molecule is C.CB(O)N1CCC(N(CC(=O)NC(C)C)C(=O)C(F)(F)F)CC1.CB(O)N1CCC(N)CC1.CB(O)N1CCC(NCC(=O)NC(C)C)CC1.CC#N.CC(=O)N(CC(=O)NC(C)C)C1CCN(c2cc(Nc3ncc(C#N)s3)ncn2)CC1.CC(C)NC(=O)CBr.CC(C)NC(=O)CN(C(=O)C(F)(F)F)C1CCNCC1.ClCCl.ClCCl. The summed E-state index contributed by atoms with van der Waals surface area (Å²) in [6, 6.07) is 5.28. The summed E-state index contributed by atoms with van der Waals surface area (Å²) in [5.41, 5.74) is 5.69. The van der Waals surface area contributed by atoms with Crippen LogP contribution in [-0.2, 0) is 38.4 Å². The normalized spacial score (nSPS) is 15.5. The molecule has 2 aromatic rings. The third kappa shape index (κ3) is 54.4. The number of nitrogens with two attached hydrogens (primary N) is 1.